The fourth-order valence-corrected chi connectivity index (χ4v) is 2.61. The summed E-state index contributed by atoms with van der Waals surface area (Å²) in [5, 5.41) is 21.5. The van der Waals surface area contributed by atoms with E-state index in [9.17, 15) is 10.0 Å². The van der Waals surface area contributed by atoms with Crippen molar-refractivity contribution >= 4 is 5.97 Å². The lowest BCUT2D eigenvalue weighted by Crippen LogP contribution is -2.34. The van der Waals surface area contributed by atoms with Gasteiger partial charge >= 0.3 is 5.97 Å². The molecule has 1 aromatic carbocycles. The predicted molar refractivity (Wildman–Crippen MR) is 106 cm³/mol. The molecular weight excluding hydrogens is 346 g/mol. The van der Waals surface area contributed by atoms with Gasteiger partial charge in [0.2, 0.25) is 0 Å². The summed E-state index contributed by atoms with van der Waals surface area (Å²) in [5.41, 5.74) is 1.29. The number of benzene rings is 1. The first kappa shape index (κ1) is 23.4. The Morgan fingerprint density at radius 2 is 1.44 bits per heavy atom. The van der Waals surface area contributed by atoms with Crippen LogP contribution in [0.5, 0.6) is 5.75 Å². The van der Waals surface area contributed by atoms with E-state index in [0.717, 1.165) is 16.7 Å². The fraction of sp³-hybridized carbons (Fsp3) is 0.667. The third kappa shape index (κ3) is 7.48. The molecule has 27 heavy (non-hydrogen) atoms. The number of nitrogens with zero attached hydrogens (tertiary/aromatic N) is 1. The fourth-order valence-electron chi connectivity index (χ4n) is 2.61. The minimum atomic E-state index is -0.839. The second kappa shape index (κ2) is 8.17. The summed E-state index contributed by atoms with van der Waals surface area (Å²) in [7, 11) is 0. The number of hydrogen-bond acceptors (Lipinski definition) is 5. The first-order valence-corrected chi connectivity index (χ1v) is 9.25. The van der Waals surface area contributed by atoms with Crippen LogP contribution >= 0.6 is 0 Å². The Kier molecular flexibility index (Phi) is 7.08. The minimum absolute atomic E-state index is 0.0498. The highest BCUT2D eigenvalue weighted by molar-refractivity contribution is 5.67. The van der Waals surface area contributed by atoms with Gasteiger partial charge in [0.05, 0.1) is 5.60 Å². The molecule has 0 radical (unpaired) electrons. The minimum Gasteiger partial charge on any atom is -0.728 e. The summed E-state index contributed by atoms with van der Waals surface area (Å²) < 4.78 is 0. The number of carboxylic acids is 1. The van der Waals surface area contributed by atoms with Crippen LogP contribution in [0, 0.1) is 5.21 Å². The van der Waals surface area contributed by atoms with Crippen molar-refractivity contribution in [2.45, 2.75) is 91.6 Å². The second-order valence-electron chi connectivity index (χ2n) is 9.93. The quantitative estimate of drug-likeness (QED) is 0.690. The lowest BCUT2D eigenvalue weighted by Gasteiger charge is -2.37. The molecule has 0 bridgehead atoms. The lowest BCUT2D eigenvalue weighted by molar-refractivity contribution is -0.328. The van der Waals surface area contributed by atoms with E-state index in [4.69, 9.17) is 14.8 Å². The number of rotatable bonds is 6. The zero-order valence-electron chi connectivity index (χ0n) is 18.1. The molecule has 0 amide bonds. The van der Waals surface area contributed by atoms with E-state index in [-0.39, 0.29) is 22.6 Å². The molecule has 6 heteroatoms. The molecule has 1 N–H and O–H groups in total. The third-order valence-electron chi connectivity index (χ3n) is 3.91. The Bertz CT molecular complexity index is 628. The van der Waals surface area contributed by atoms with Crippen molar-refractivity contribution in [1.29, 1.82) is 0 Å². The molecule has 6 nitrogen and oxygen atoms in total. The molecule has 0 aliphatic carbocycles. The van der Waals surface area contributed by atoms with E-state index >= 15 is 0 Å². The maximum absolute atomic E-state index is 12.3. The van der Waals surface area contributed by atoms with E-state index in [2.05, 4.69) is 0 Å². The number of hydrogen-bond donors (Lipinski definition) is 1. The van der Waals surface area contributed by atoms with Crippen LogP contribution in [-0.2, 0) is 26.9 Å². The van der Waals surface area contributed by atoms with Gasteiger partial charge < -0.3 is 15.2 Å². The van der Waals surface area contributed by atoms with Gasteiger partial charge in [-0.1, -0.05) is 59.1 Å². The zero-order valence-corrected chi connectivity index (χ0v) is 18.1. The molecule has 0 saturated carbocycles. The van der Waals surface area contributed by atoms with Crippen molar-refractivity contribution in [2.24, 2.45) is 0 Å². The standard InChI is InChI=1S/C21H34NO5/c1-19(2,3)15-12-14(10-11-17(23)24)13-16(20(4,5)6)18(15)26-22(25)27-21(7,8)9/h12-13H,10-11H2,1-9H3,(H,23,24)/q-1. The van der Waals surface area contributed by atoms with Crippen molar-refractivity contribution in [3.63, 3.8) is 0 Å². The van der Waals surface area contributed by atoms with E-state index in [0.29, 0.717) is 12.2 Å². The SMILES string of the molecule is CC(C)(C)ON([O-])Oc1c(C(C)(C)C)cc(CCC(=O)O)cc1C(C)(C)C. The summed E-state index contributed by atoms with van der Waals surface area (Å²) in [6.45, 7) is 17.5. The normalized spacial score (nSPS) is 13.1. The van der Waals surface area contributed by atoms with E-state index in [1.807, 2.05) is 53.7 Å². The molecule has 0 spiro atoms. The second-order valence-corrected chi connectivity index (χ2v) is 9.93. The van der Waals surface area contributed by atoms with Gasteiger partial charge in [-0.3, -0.25) is 9.63 Å². The van der Waals surface area contributed by atoms with Gasteiger partial charge in [0.25, 0.3) is 0 Å². The average Bonchev–Trinajstić information content (AvgIpc) is 2.41. The topological polar surface area (TPSA) is 82.1 Å². The monoisotopic (exact) mass is 380 g/mol. The summed E-state index contributed by atoms with van der Waals surface area (Å²) in [4.78, 5) is 21.9. The van der Waals surface area contributed by atoms with Crippen LogP contribution in [0.3, 0.4) is 0 Å². The van der Waals surface area contributed by atoms with Gasteiger partial charge in [0.15, 0.2) is 5.75 Å². The largest absolute Gasteiger partial charge is 0.728 e. The van der Waals surface area contributed by atoms with Crippen LogP contribution in [0.15, 0.2) is 12.1 Å². The molecule has 0 atom stereocenters. The molecule has 0 saturated heterocycles. The molecular formula is C21H34NO5-. The van der Waals surface area contributed by atoms with Crippen molar-refractivity contribution < 1.29 is 19.6 Å². The first-order valence-electron chi connectivity index (χ1n) is 9.25. The summed E-state index contributed by atoms with van der Waals surface area (Å²) in [6.07, 6.45) is 0.468. The molecule has 1 aromatic rings. The van der Waals surface area contributed by atoms with Crippen LogP contribution in [0.4, 0.5) is 0 Å². The Morgan fingerprint density at radius 3 is 1.78 bits per heavy atom. The van der Waals surface area contributed by atoms with Crippen LogP contribution in [-0.4, -0.2) is 22.1 Å². The molecule has 0 aliphatic heterocycles. The zero-order chi connectivity index (χ0) is 21.2. The van der Waals surface area contributed by atoms with Crippen LogP contribution in [0.2, 0.25) is 0 Å². The molecule has 154 valence electrons. The smallest absolute Gasteiger partial charge is 0.303 e. The highest BCUT2D eigenvalue weighted by atomic mass is 17.1. The Balaban J connectivity index is 3.49. The summed E-state index contributed by atoms with van der Waals surface area (Å²) in [6, 6.07) is 3.86. The van der Waals surface area contributed by atoms with Gasteiger partial charge in [-0.25, -0.2) is 0 Å². The number of aliphatic carboxylic acids is 1. The number of carbonyl (C=O) groups is 1. The maximum atomic E-state index is 12.3. The lowest BCUT2D eigenvalue weighted by atomic mass is 9.78. The van der Waals surface area contributed by atoms with E-state index in [1.165, 1.54) is 0 Å². The van der Waals surface area contributed by atoms with E-state index in [1.54, 1.807) is 20.8 Å². The predicted octanol–water partition coefficient (Wildman–Crippen LogP) is 5.12. The van der Waals surface area contributed by atoms with E-state index < -0.39 is 11.6 Å². The molecule has 0 unspecified atom stereocenters. The highest BCUT2D eigenvalue weighted by Crippen LogP contribution is 2.41. The van der Waals surface area contributed by atoms with Crippen LogP contribution < -0.4 is 4.84 Å². The molecule has 0 aromatic heterocycles. The van der Waals surface area contributed by atoms with Gasteiger partial charge in [-0.2, -0.15) is 0 Å². The van der Waals surface area contributed by atoms with Gasteiger partial charge in [-0.15, -0.1) is 0 Å². The molecule has 0 heterocycles. The van der Waals surface area contributed by atoms with Gasteiger partial charge in [0.1, 0.15) is 0 Å². The molecule has 0 fully saturated rings. The average molecular weight is 381 g/mol. The molecule has 1 rings (SSSR count). The Hall–Kier alpha value is -1.63. The van der Waals surface area contributed by atoms with Crippen molar-refractivity contribution in [2.75, 3.05) is 0 Å². The molecule has 0 aliphatic rings. The van der Waals surface area contributed by atoms with Gasteiger partial charge in [-0.05, 0) is 43.6 Å². The number of aryl methyl sites for hydroxylation is 1. The number of carboxylic acid groups (broad SMARTS) is 1. The van der Waals surface area contributed by atoms with Crippen LogP contribution in [0.25, 0.3) is 0 Å². The summed E-state index contributed by atoms with van der Waals surface area (Å²) in [5.74, 6) is -0.373. The Labute approximate surface area is 163 Å². The third-order valence-corrected chi connectivity index (χ3v) is 3.91. The first-order chi connectivity index (χ1) is 12.0. The van der Waals surface area contributed by atoms with Crippen molar-refractivity contribution in [1.82, 2.24) is 5.39 Å². The van der Waals surface area contributed by atoms with Crippen molar-refractivity contribution in [3.05, 3.63) is 34.0 Å². The van der Waals surface area contributed by atoms with Gasteiger partial charge in [0, 0.05) is 17.5 Å². The Morgan fingerprint density at radius 1 is 1.00 bits per heavy atom. The van der Waals surface area contributed by atoms with Crippen LogP contribution in [0.1, 0.15) is 85.4 Å². The highest BCUT2D eigenvalue weighted by Gasteiger charge is 2.29. The maximum Gasteiger partial charge on any atom is 0.303 e. The summed E-state index contributed by atoms with van der Waals surface area (Å²) >= 11 is 0. The van der Waals surface area contributed by atoms with Crippen molar-refractivity contribution in [3.8, 4) is 5.75 Å².